The highest BCUT2D eigenvalue weighted by atomic mass is 32.1. The number of aromatic nitrogens is 3. The molecular formula is C15H18N4O2S. The van der Waals surface area contributed by atoms with Crippen molar-refractivity contribution >= 4 is 17.2 Å². The van der Waals surface area contributed by atoms with Gasteiger partial charge >= 0.3 is 0 Å². The van der Waals surface area contributed by atoms with Crippen LogP contribution in [0.1, 0.15) is 28.2 Å². The quantitative estimate of drug-likeness (QED) is 0.861. The lowest BCUT2D eigenvalue weighted by atomic mass is 9.96. The van der Waals surface area contributed by atoms with Crippen LogP contribution in [0.2, 0.25) is 0 Å². The molecule has 6 nitrogen and oxygen atoms in total. The Labute approximate surface area is 132 Å². The largest absolute Gasteiger partial charge is 0.338 e. The lowest BCUT2D eigenvalue weighted by molar-refractivity contribution is 0.0686. The van der Waals surface area contributed by atoms with Crippen molar-refractivity contribution in [1.82, 2.24) is 19.4 Å². The Morgan fingerprint density at radius 2 is 2.18 bits per heavy atom. The molecule has 0 bridgehead atoms. The number of carbonyl (C=O) groups excluding carboxylic acids is 1. The summed E-state index contributed by atoms with van der Waals surface area (Å²) < 4.78 is 1.65. The van der Waals surface area contributed by atoms with Crippen LogP contribution in [0.4, 0.5) is 0 Å². The first-order valence-corrected chi connectivity index (χ1v) is 8.23. The standard InChI is InChI=1S/C15H18N4O2S/c1-11-14(22-10-17-11)15(21)18-6-3-12(4-7-18)8-19-9-16-5-2-13(19)20/h2,5,9-10,12H,3-4,6-8H2,1H3. The number of rotatable bonds is 3. The van der Waals surface area contributed by atoms with E-state index in [0.29, 0.717) is 12.5 Å². The van der Waals surface area contributed by atoms with Gasteiger partial charge in [0.2, 0.25) is 0 Å². The van der Waals surface area contributed by atoms with Gasteiger partial charge in [-0.15, -0.1) is 11.3 Å². The Morgan fingerprint density at radius 1 is 1.41 bits per heavy atom. The first-order valence-electron chi connectivity index (χ1n) is 7.35. The Hall–Kier alpha value is -2.02. The second kappa shape index (κ2) is 6.39. The van der Waals surface area contributed by atoms with Crippen LogP contribution in [0.25, 0.3) is 0 Å². The third-order valence-corrected chi connectivity index (χ3v) is 5.01. The van der Waals surface area contributed by atoms with Crippen LogP contribution in [-0.2, 0) is 6.54 Å². The molecule has 1 fully saturated rings. The molecule has 0 spiro atoms. The van der Waals surface area contributed by atoms with Gasteiger partial charge in [-0.05, 0) is 25.7 Å². The molecule has 1 aliphatic heterocycles. The van der Waals surface area contributed by atoms with Crippen molar-refractivity contribution in [3.05, 3.63) is 45.0 Å². The SMILES string of the molecule is Cc1ncsc1C(=O)N1CCC(Cn2cnccc2=O)CC1. The van der Waals surface area contributed by atoms with Gasteiger partial charge in [0, 0.05) is 31.9 Å². The average Bonchev–Trinajstić information content (AvgIpc) is 2.96. The molecule has 2 aromatic heterocycles. The van der Waals surface area contributed by atoms with Crippen LogP contribution in [0, 0.1) is 12.8 Å². The van der Waals surface area contributed by atoms with Gasteiger partial charge in [-0.2, -0.15) is 0 Å². The third-order valence-electron chi connectivity index (χ3n) is 4.09. The number of hydrogen-bond donors (Lipinski definition) is 0. The third kappa shape index (κ3) is 3.09. The van der Waals surface area contributed by atoms with E-state index in [1.807, 2.05) is 11.8 Å². The zero-order valence-corrected chi connectivity index (χ0v) is 13.3. The molecule has 0 saturated carbocycles. The number of thiazole rings is 1. The van der Waals surface area contributed by atoms with Gasteiger partial charge in [0.25, 0.3) is 11.5 Å². The maximum Gasteiger partial charge on any atom is 0.265 e. The smallest absolute Gasteiger partial charge is 0.265 e. The van der Waals surface area contributed by atoms with E-state index in [4.69, 9.17) is 0 Å². The molecule has 0 aromatic carbocycles. The minimum absolute atomic E-state index is 0.0196. The lowest BCUT2D eigenvalue weighted by Gasteiger charge is -2.32. The van der Waals surface area contributed by atoms with E-state index in [-0.39, 0.29) is 11.5 Å². The fourth-order valence-corrected chi connectivity index (χ4v) is 3.53. The topological polar surface area (TPSA) is 68.1 Å². The van der Waals surface area contributed by atoms with Crippen molar-refractivity contribution in [2.24, 2.45) is 5.92 Å². The maximum atomic E-state index is 12.4. The molecule has 0 aliphatic carbocycles. The summed E-state index contributed by atoms with van der Waals surface area (Å²) in [7, 11) is 0. The van der Waals surface area contributed by atoms with Gasteiger partial charge in [-0.3, -0.25) is 14.2 Å². The molecule has 1 aliphatic rings. The zero-order valence-electron chi connectivity index (χ0n) is 12.4. The van der Waals surface area contributed by atoms with Crippen LogP contribution in [-0.4, -0.2) is 38.4 Å². The molecule has 22 heavy (non-hydrogen) atoms. The van der Waals surface area contributed by atoms with Crippen LogP contribution < -0.4 is 5.56 Å². The summed E-state index contributed by atoms with van der Waals surface area (Å²) in [6.45, 7) is 4.01. The van der Waals surface area contributed by atoms with Gasteiger partial charge in [-0.25, -0.2) is 9.97 Å². The fraction of sp³-hybridized carbons (Fsp3) is 0.467. The fourth-order valence-electron chi connectivity index (χ4n) is 2.76. The molecule has 7 heteroatoms. The van der Waals surface area contributed by atoms with Crippen LogP contribution >= 0.6 is 11.3 Å². The Balaban J connectivity index is 1.59. The molecule has 116 valence electrons. The van der Waals surface area contributed by atoms with Crippen molar-refractivity contribution in [2.75, 3.05) is 13.1 Å². The van der Waals surface area contributed by atoms with E-state index in [1.165, 1.54) is 23.6 Å². The molecule has 3 rings (SSSR count). The van der Waals surface area contributed by atoms with Crippen molar-refractivity contribution in [1.29, 1.82) is 0 Å². The minimum Gasteiger partial charge on any atom is -0.338 e. The summed E-state index contributed by atoms with van der Waals surface area (Å²) in [5, 5.41) is 0. The van der Waals surface area contributed by atoms with Crippen molar-refractivity contribution in [3.63, 3.8) is 0 Å². The maximum absolute atomic E-state index is 12.4. The van der Waals surface area contributed by atoms with Crippen molar-refractivity contribution in [2.45, 2.75) is 26.3 Å². The van der Waals surface area contributed by atoms with Crippen molar-refractivity contribution < 1.29 is 4.79 Å². The van der Waals surface area contributed by atoms with E-state index >= 15 is 0 Å². The highest BCUT2D eigenvalue weighted by Crippen LogP contribution is 2.22. The van der Waals surface area contributed by atoms with Gasteiger partial charge in [0.1, 0.15) is 4.88 Å². The summed E-state index contributed by atoms with van der Waals surface area (Å²) >= 11 is 1.40. The zero-order chi connectivity index (χ0) is 15.5. The molecule has 1 saturated heterocycles. The van der Waals surface area contributed by atoms with E-state index in [2.05, 4.69) is 9.97 Å². The van der Waals surface area contributed by atoms with Gasteiger partial charge in [-0.1, -0.05) is 0 Å². The molecule has 3 heterocycles. The second-order valence-corrected chi connectivity index (χ2v) is 6.43. The number of hydrogen-bond acceptors (Lipinski definition) is 5. The van der Waals surface area contributed by atoms with Gasteiger partial charge < -0.3 is 4.90 Å². The number of likely N-dealkylation sites (tertiary alicyclic amines) is 1. The Bertz CT molecular complexity index is 716. The number of carbonyl (C=O) groups is 1. The monoisotopic (exact) mass is 318 g/mol. The first kappa shape index (κ1) is 14.9. The minimum atomic E-state index is -0.0196. The average molecular weight is 318 g/mol. The molecule has 2 aromatic rings. The normalized spacial score (nSPS) is 16.0. The van der Waals surface area contributed by atoms with Gasteiger partial charge in [0.05, 0.1) is 17.5 Å². The van der Waals surface area contributed by atoms with Crippen molar-refractivity contribution in [3.8, 4) is 0 Å². The van der Waals surface area contributed by atoms with E-state index in [1.54, 1.807) is 16.4 Å². The predicted molar refractivity (Wildman–Crippen MR) is 84.0 cm³/mol. The molecular weight excluding hydrogens is 300 g/mol. The van der Waals surface area contributed by atoms with E-state index < -0.39 is 0 Å². The van der Waals surface area contributed by atoms with E-state index in [9.17, 15) is 9.59 Å². The lowest BCUT2D eigenvalue weighted by Crippen LogP contribution is -2.40. The molecule has 0 unspecified atom stereocenters. The van der Waals surface area contributed by atoms with E-state index in [0.717, 1.165) is 36.5 Å². The summed E-state index contributed by atoms with van der Waals surface area (Å²) in [5.74, 6) is 0.491. The highest BCUT2D eigenvalue weighted by Gasteiger charge is 2.25. The summed E-state index contributed by atoms with van der Waals surface area (Å²) in [4.78, 5) is 34.9. The molecule has 0 radical (unpaired) electrons. The van der Waals surface area contributed by atoms with Gasteiger partial charge in [0.15, 0.2) is 0 Å². The van der Waals surface area contributed by atoms with Crippen LogP contribution in [0.5, 0.6) is 0 Å². The first-order chi connectivity index (χ1) is 10.6. The Kier molecular flexibility index (Phi) is 4.33. The Morgan fingerprint density at radius 3 is 2.82 bits per heavy atom. The predicted octanol–water partition coefficient (Wildman–Crippen LogP) is 1.56. The highest BCUT2D eigenvalue weighted by molar-refractivity contribution is 7.11. The number of amides is 1. The molecule has 0 atom stereocenters. The summed E-state index contributed by atoms with van der Waals surface area (Å²) in [5.41, 5.74) is 2.50. The van der Waals surface area contributed by atoms with Crippen LogP contribution in [0.15, 0.2) is 28.9 Å². The number of piperidine rings is 1. The molecule has 1 amide bonds. The van der Waals surface area contributed by atoms with Crippen LogP contribution in [0.3, 0.4) is 0 Å². The number of nitrogens with zero attached hydrogens (tertiary/aromatic N) is 4. The summed E-state index contributed by atoms with van der Waals surface area (Å²) in [6, 6.07) is 1.48. The summed E-state index contributed by atoms with van der Waals surface area (Å²) in [6.07, 6.45) is 4.91. The second-order valence-electron chi connectivity index (χ2n) is 5.57. The molecule has 0 N–H and O–H groups in total. The number of aryl methyl sites for hydroxylation is 1.